The van der Waals surface area contributed by atoms with Crippen LogP contribution in [0.3, 0.4) is 0 Å². The van der Waals surface area contributed by atoms with Crippen LogP contribution in [0.25, 0.3) is 0 Å². The third-order valence-corrected chi connectivity index (χ3v) is 3.62. The molecule has 7 nitrogen and oxygen atoms in total. The number of carbonyl (C=O) groups excluding carboxylic acids is 2. The van der Waals surface area contributed by atoms with Gasteiger partial charge in [-0.2, -0.15) is 0 Å². The molecule has 1 aliphatic rings. The van der Waals surface area contributed by atoms with Crippen molar-refractivity contribution < 1.29 is 19.4 Å². The molecule has 1 aromatic carbocycles. The number of primary amides is 1. The van der Waals surface area contributed by atoms with Gasteiger partial charge in [-0.05, 0) is 18.2 Å². The number of benzene rings is 1. The highest BCUT2D eigenvalue weighted by atomic mass is 35.5. The molecule has 1 heterocycles. The van der Waals surface area contributed by atoms with E-state index in [2.05, 4.69) is 10.6 Å². The standard InChI is InChI=1S/C13H15Cl2N3O4/c14-8-3-7(4-9(15)5-8)13(21,11(16)19)12(20)18-10-6-17-1-2-22-10/h3-5,10,17,21H,1-2,6H2,(H2,16,19)(H,18,20). The highest BCUT2D eigenvalue weighted by Crippen LogP contribution is 2.28. The molecule has 5 N–H and O–H groups in total. The molecule has 0 spiro atoms. The summed E-state index contributed by atoms with van der Waals surface area (Å²) in [6.45, 7) is 1.39. The Balaban J connectivity index is 2.30. The largest absolute Gasteiger partial charge is 0.368 e. The molecule has 0 saturated carbocycles. The van der Waals surface area contributed by atoms with Crippen LogP contribution in [0.15, 0.2) is 18.2 Å². The van der Waals surface area contributed by atoms with Crippen molar-refractivity contribution in [2.24, 2.45) is 5.73 Å². The number of hydrogen-bond acceptors (Lipinski definition) is 5. The SMILES string of the molecule is NC(=O)C(O)(C(=O)NC1CNCCO1)c1cc(Cl)cc(Cl)c1. The second kappa shape index (κ2) is 6.80. The summed E-state index contributed by atoms with van der Waals surface area (Å²) in [4.78, 5) is 24.0. The minimum atomic E-state index is -2.60. The van der Waals surface area contributed by atoms with E-state index in [1.54, 1.807) is 0 Å². The van der Waals surface area contributed by atoms with Crippen molar-refractivity contribution >= 4 is 35.0 Å². The van der Waals surface area contributed by atoms with Gasteiger partial charge in [-0.1, -0.05) is 23.2 Å². The molecule has 2 rings (SSSR count). The maximum Gasteiger partial charge on any atom is 0.268 e. The van der Waals surface area contributed by atoms with Gasteiger partial charge in [-0.15, -0.1) is 0 Å². The van der Waals surface area contributed by atoms with Gasteiger partial charge in [0, 0.05) is 28.7 Å². The number of halogens is 2. The Hall–Kier alpha value is -1.38. The number of morpholine rings is 1. The maximum atomic E-state index is 12.3. The third kappa shape index (κ3) is 3.50. The van der Waals surface area contributed by atoms with Gasteiger partial charge in [-0.3, -0.25) is 9.59 Å². The first-order valence-electron chi connectivity index (χ1n) is 6.46. The van der Waals surface area contributed by atoms with Gasteiger partial charge >= 0.3 is 0 Å². The van der Waals surface area contributed by atoms with Crippen LogP contribution in [0.1, 0.15) is 5.56 Å². The molecule has 120 valence electrons. The highest BCUT2D eigenvalue weighted by molar-refractivity contribution is 6.34. The Bertz CT molecular complexity index is 572. The van der Waals surface area contributed by atoms with E-state index in [4.69, 9.17) is 33.7 Å². The van der Waals surface area contributed by atoms with Crippen molar-refractivity contribution in [3.8, 4) is 0 Å². The van der Waals surface area contributed by atoms with Crippen molar-refractivity contribution in [3.63, 3.8) is 0 Å². The van der Waals surface area contributed by atoms with Gasteiger partial charge in [0.25, 0.3) is 11.8 Å². The minimum absolute atomic E-state index is 0.112. The Morgan fingerprint density at radius 2 is 2.00 bits per heavy atom. The fraction of sp³-hybridized carbons (Fsp3) is 0.385. The lowest BCUT2D eigenvalue weighted by Gasteiger charge is -2.29. The van der Waals surface area contributed by atoms with E-state index >= 15 is 0 Å². The fourth-order valence-electron chi connectivity index (χ4n) is 2.06. The first-order valence-corrected chi connectivity index (χ1v) is 7.21. The van der Waals surface area contributed by atoms with Crippen LogP contribution in [-0.2, 0) is 19.9 Å². The van der Waals surface area contributed by atoms with Gasteiger partial charge in [0.15, 0.2) is 0 Å². The summed E-state index contributed by atoms with van der Waals surface area (Å²) in [6, 6.07) is 3.90. The molecule has 2 unspecified atom stereocenters. The van der Waals surface area contributed by atoms with Gasteiger partial charge in [-0.25, -0.2) is 0 Å². The monoisotopic (exact) mass is 347 g/mol. The van der Waals surface area contributed by atoms with E-state index in [0.29, 0.717) is 19.7 Å². The van der Waals surface area contributed by atoms with Crippen LogP contribution in [0.2, 0.25) is 10.0 Å². The predicted octanol–water partition coefficient (Wildman–Crippen LogP) is -0.272. The van der Waals surface area contributed by atoms with E-state index in [-0.39, 0.29) is 15.6 Å². The smallest absolute Gasteiger partial charge is 0.268 e. The quantitative estimate of drug-likeness (QED) is 0.560. The number of rotatable bonds is 4. The number of nitrogens with two attached hydrogens (primary N) is 1. The van der Waals surface area contributed by atoms with Crippen molar-refractivity contribution in [2.45, 2.75) is 11.8 Å². The number of ether oxygens (including phenoxy) is 1. The summed E-state index contributed by atoms with van der Waals surface area (Å²) >= 11 is 11.7. The predicted molar refractivity (Wildman–Crippen MR) is 80.3 cm³/mol. The lowest BCUT2D eigenvalue weighted by Crippen LogP contribution is -2.58. The van der Waals surface area contributed by atoms with Crippen LogP contribution in [0.4, 0.5) is 0 Å². The molecule has 1 aromatic rings. The topological polar surface area (TPSA) is 114 Å². The second-order valence-electron chi connectivity index (χ2n) is 4.77. The minimum Gasteiger partial charge on any atom is -0.368 e. The van der Waals surface area contributed by atoms with Crippen LogP contribution in [-0.4, -0.2) is 42.8 Å². The molecule has 0 aromatic heterocycles. The lowest BCUT2D eigenvalue weighted by atomic mass is 9.92. The van der Waals surface area contributed by atoms with Crippen molar-refractivity contribution in [2.75, 3.05) is 19.7 Å². The van der Waals surface area contributed by atoms with Crippen LogP contribution >= 0.6 is 23.2 Å². The van der Waals surface area contributed by atoms with Gasteiger partial charge in [0.05, 0.1) is 6.61 Å². The molecule has 0 aliphatic carbocycles. The van der Waals surface area contributed by atoms with Gasteiger partial charge < -0.3 is 26.2 Å². The zero-order chi connectivity index (χ0) is 16.3. The van der Waals surface area contributed by atoms with E-state index in [9.17, 15) is 14.7 Å². The molecule has 0 radical (unpaired) electrons. The number of hydrogen-bond donors (Lipinski definition) is 4. The summed E-state index contributed by atoms with van der Waals surface area (Å²) in [7, 11) is 0. The number of aliphatic hydroxyl groups is 1. The molecular weight excluding hydrogens is 333 g/mol. The van der Waals surface area contributed by atoms with E-state index in [1.165, 1.54) is 18.2 Å². The molecule has 1 saturated heterocycles. The highest BCUT2D eigenvalue weighted by Gasteiger charge is 2.45. The molecule has 22 heavy (non-hydrogen) atoms. The Labute approximate surface area is 136 Å². The number of nitrogens with one attached hydrogen (secondary N) is 2. The zero-order valence-electron chi connectivity index (χ0n) is 11.4. The number of carbonyl (C=O) groups is 2. The molecule has 2 atom stereocenters. The van der Waals surface area contributed by atoms with E-state index in [0.717, 1.165) is 0 Å². The average molecular weight is 348 g/mol. The molecule has 2 amide bonds. The summed E-state index contributed by atoms with van der Waals surface area (Å²) in [5.41, 5.74) is 2.50. The summed E-state index contributed by atoms with van der Waals surface area (Å²) in [5.74, 6) is -2.25. The fourth-order valence-corrected chi connectivity index (χ4v) is 2.58. The molecule has 1 aliphatic heterocycles. The molecule has 9 heteroatoms. The van der Waals surface area contributed by atoms with Crippen LogP contribution < -0.4 is 16.4 Å². The Morgan fingerprint density at radius 1 is 1.36 bits per heavy atom. The first kappa shape index (κ1) is 17.0. The lowest BCUT2D eigenvalue weighted by molar-refractivity contribution is -0.156. The van der Waals surface area contributed by atoms with Crippen molar-refractivity contribution in [3.05, 3.63) is 33.8 Å². The third-order valence-electron chi connectivity index (χ3n) is 3.19. The second-order valence-corrected chi connectivity index (χ2v) is 5.64. The van der Waals surface area contributed by atoms with E-state index < -0.39 is 23.6 Å². The average Bonchev–Trinajstić information content (AvgIpc) is 2.46. The van der Waals surface area contributed by atoms with Crippen LogP contribution in [0, 0.1) is 0 Å². The molecule has 0 bridgehead atoms. The van der Waals surface area contributed by atoms with Gasteiger partial charge in [0.1, 0.15) is 6.23 Å². The molecular formula is C13H15Cl2N3O4. The maximum absolute atomic E-state index is 12.3. The summed E-state index contributed by atoms with van der Waals surface area (Å²) in [5, 5.41) is 16.3. The summed E-state index contributed by atoms with van der Waals surface area (Å²) in [6.07, 6.45) is -0.679. The Kier molecular flexibility index (Phi) is 5.25. The van der Waals surface area contributed by atoms with Crippen molar-refractivity contribution in [1.82, 2.24) is 10.6 Å². The zero-order valence-corrected chi connectivity index (χ0v) is 12.9. The normalized spacial score (nSPS) is 21.0. The first-order chi connectivity index (χ1) is 10.3. The summed E-state index contributed by atoms with van der Waals surface area (Å²) < 4.78 is 5.30. The van der Waals surface area contributed by atoms with Gasteiger partial charge in [0.2, 0.25) is 5.60 Å². The van der Waals surface area contributed by atoms with E-state index in [1.807, 2.05) is 0 Å². The Morgan fingerprint density at radius 3 is 2.50 bits per heavy atom. The van der Waals surface area contributed by atoms with Crippen LogP contribution in [0.5, 0.6) is 0 Å². The number of amides is 2. The molecule has 1 fully saturated rings. The van der Waals surface area contributed by atoms with Crippen molar-refractivity contribution in [1.29, 1.82) is 0 Å².